The predicted octanol–water partition coefficient (Wildman–Crippen LogP) is 15.6. The molecule has 9 aromatic rings. The molecule has 1 aliphatic rings. The van der Waals surface area contributed by atoms with Gasteiger partial charge in [0, 0.05) is 62.6 Å². The molecular weight excluding hydrogens is 1120 g/mol. The number of aliphatic carboxylic acids is 1. The van der Waals surface area contributed by atoms with Crippen molar-refractivity contribution in [3.63, 3.8) is 0 Å². The second-order valence-corrected chi connectivity index (χ2v) is 17.2. The van der Waals surface area contributed by atoms with Crippen molar-refractivity contribution in [1.82, 2.24) is 15.0 Å². The zero-order valence-corrected chi connectivity index (χ0v) is 47.5. The zero-order chi connectivity index (χ0) is 63.8. The third-order valence-corrected chi connectivity index (χ3v) is 11.7. The fraction of sp³-hybridized carbons (Fsp3) is 0.219. The number of nitrogens with two attached hydrogens (primary N) is 1. The van der Waals surface area contributed by atoms with Crippen LogP contribution >= 0.6 is 0 Å². The average Bonchev–Trinajstić information content (AvgIpc) is 1.90. The SMILES string of the molecule is CC.CC.CC.CCOC(=O)C(=O)c1c[nH]c2ccccc12.Cc1ccc(F)cc1C1=C(c2c[nH]c3ccccc23)C(=O)CC1=O.NC(=O)Cc1cc(F)ccc1C(F)(F)F.O=C(O)Cc1cc(F)ccc1C(F)(F)F.c1ccc2[nH]ccc2c1. The third kappa shape index (κ3) is 19.5. The molecule has 0 atom stereocenters. The number of benzene rings is 6. The van der Waals surface area contributed by atoms with Crippen LogP contribution in [0.1, 0.15) is 104 Å². The van der Waals surface area contributed by atoms with E-state index in [1.807, 2.05) is 109 Å². The number of aryl methyl sites for hydroxylation is 1. The average molecular weight is 1190 g/mol. The number of carbonyl (C=O) groups is 6. The number of hydrogen-bond acceptors (Lipinski definition) is 7. The van der Waals surface area contributed by atoms with E-state index in [2.05, 4.69) is 37.9 Å². The van der Waals surface area contributed by atoms with E-state index in [0.29, 0.717) is 64.2 Å². The van der Waals surface area contributed by atoms with Crippen LogP contribution in [0, 0.1) is 24.4 Å². The van der Waals surface area contributed by atoms with E-state index in [0.717, 1.165) is 27.4 Å². The van der Waals surface area contributed by atoms with Gasteiger partial charge in [-0.2, -0.15) is 26.3 Å². The number of ether oxygens (including phenoxy) is 1. The number of carbonyl (C=O) groups excluding carboxylic acids is 5. The Morgan fingerprint density at radius 3 is 1.54 bits per heavy atom. The van der Waals surface area contributed by atoms with Gasteiger partial charge in [-0.1, -0.05) is 102 Å². The lowest BCUT2D eigenvalue weighted by Gasteiger charge is -2.11. The number of amides is 1. The number of para-hydroxylation sites is 3. The molecular formula is C64H63F9N4O8. The van der Waals surface area contributed by atoms with Crippen molar-refractivity contribution in [2.24, 2.45) is 5.73 Å². The summed E-state index contributed by atoms with van der Waals surface area (Å²) in [7, 11) is 0. The van der Waals surface area contributed by atoms with E-state index in [4.69, 9.17) is 10.8 Å². The first-order valence-electron chi connectivity index (χ1n) is 26.5. The standard InChI is InChI=1S/C20H14FNO2.C12H11NO3.C9H7F4NO.C9H6F4O2.C8H7N.3C2H6/c1-11-6-7-12(21)8-14(11)19-17(23)9-18(24)20(19)15-10-22-16-5-3-2-4-13(15)16;1-2-16-12(15)11(14)9-7-13-10-6-4-3-5-8(9)10;2*10-6-1-2-7(9(11,12)13)5(3-6)4-8(14)15;1-2-4-8-7(3-1)5-6-9-8;3*1-2/h2-8,10,22H,9H2,1H3;3-7,13H,2H2,1H3;1-3H,4H2,(H2,14,15);1-3H,4H2,(H,14,15);1-6,9H;3*1-2H3. The first-order valence-corrected chi connectivity index (χ1v) is 26.5. The molecule has 85 heavy (non-hydrogen) atoms. The molecule has 0 spiro atoms. The third-order valence-electron chi connectivity index (χ3n) is 11.7. The Hall–Kier alpha value is -9.53. The van der Waals surface area contributed by atoms with Gasteiger partial charge in [0.2, 0.25) is 5.91 Å². The summed E-state index contributed by atoms with van der Waals surface area (Å²) in [6.07, 6.45) is -5.71. The number of rotatable bonds is 9. The van der Waals surface area contributed by atoms with Gasteiger partial charge in [-0.3, -0.25) is 24.0 Å². The minimum Gasteiger partial charge on any atom is -0.481 e. The van der Waals surface area contributed by atoms with Crippen LogP contribution in [0.25, 0.3) is 43.9 Å². The number of carboxylic acids is 1. The van der Waals surface area contributed by atoms with Crippen molar-refractivity contribution >= 4 is 79.1 Å². The summed E-state index contributed by atoms with van der Waals surface area (Å²) in [5.74, 6) is -6.42. The summed E-state index contributed by atoms with van der Waals surface area (Å²) in [6.45, 7) is 15.7. The quantitative estimate of drug-likeness (QED) is 0.0308. The number of nitrogens with one attached hydrogen (secondary N) is 3. The number of aromatic amines is 3. The number of hydrogen-bond donors (Lipinski definition) is 5. The predicted molar refractivity (Wildman–Crippen MR) is 310 cm³/mol. The molecule has 3 aromatic heterocycles. The lowest BCUT2D eigenvalue weighted by Crippen LogP contribution is -2.18. The van der Waals surface area contributed by atoms with Gasteiger partial charge >= 0.3 is 24.3 Å². The van der Waals surface area contributed by atoms with Crippen LogP contribution in [0.15, 0.2) is 152 Å². The molecule has 1 amide bonds. The molecule has 0 aliphatic heterocycles. The van der Waals surface area contributed by atoms with Crippen molar-refractivity contribution in [3.8, 4) is 0 Å². The zero-order valence-electron chi connectivity index (χ0n) is 47.5. The van der Waals surface area contributed by atoms with Gasteiger partial charge in [0.1, 0.15) is 17.5 Å². The maximum atomic E-state index is 13.7. The van der Waals surface area contributed by atoms with Gasteiger partial charge in [0.05, 0.1) is 42.6 Å². The molecule has 0 fully saturated rings. The maximum Gasteiger partial charge on any atom is 0.416 e. The Morgan fingerprint density at radius 1 is 0.565 bits per heavy atom. The van der Waals surface area contributed by atoms with Gasteiger partial charge < -0.3 is 30.5 Å². The molecule has 3 heterocycles. The number of esters is 1. The molecule has 450 valence electrons. The van der Waals surface area contributed by atoms with Gasteiger partial charge in [-0.15, -0.1) is 0 Å². The number of carboxylic acid groups (broad SMARTS) is 1. The smallest absolute Gasteiger partial charge is 0.416 e. The summed E-state index contributed by atoms with van der Waals surface area (Å²) in [5, 5.41) is 11.2. The Bertz CT molecular complexity index is 3660. The molecule has 0 radical (unpaired) electrons. The number of Topliss-reactive ketones (excluding diaryl/α,β-unsaturated/α-hetero) is 3. The fourth-order valence-electron chi connectivity index (χ4n) is 8.19. The number of ketones is 3. The van der Waals surface area contributed by atoms with Crippen LogP contribution in [-0.4, -0.2) is 61.9 Å². The van der Waals surface area contributed by atoms with Crippen LogP contribution in [0.3, 0.4) is 0 Å². The van der Waals surface area contributed by atoms with Crippen molar-refractivity contribution in [2.75, 3.05) is 6.61 Å². The highest BCUT2D eigenvalue weighted by molar-refractivity contribution is 6.51. The number of H-pyrrole nitrogens is 3. The van der Waals surface area contributed by atoms with E-state index in [9.17, 15) is 68.3 Å². The number of alkyl halides is 6. The van der Waals surface area contributed by atoms with Crippen LogP contribution in [0.2, 0.25) is 0 Å². The Labute approximate surface area is 483 Å². The number of fused-ring (bicyclic) bond motifs is 3. The highest BCUT2D eigenvalue weighted by atomic mass is 19.4. The first kappa shape index (κ1) is 69.7. The maximum absolute atomic E-state index is 13.7. The minimum absolute atomic E-state index is 0.167. The van der Waals surface area contributed by atoms with Crippen LogP contribution < -0.4 is 5.73 Å². The highest BCUT2D eigenvalue weighted by Gasteiger charge is 2.36. The van der Waals surface area contributed by atoms with E-state index >= 15 is 0 Å². The van der Waals surface area contributed by atoms with Gasteiger partial charge in [0.15, 0.2) is 11.6 Å². The van der Waals surface area contributed by atoms with E-state index < -0.39 is 88.5 Å². The molecule has 12 nitrogen and oxygen atoms in total. The summed E-state index contributed by atoms with van der Waals surface area (Å²) in [5.41, 5.74) is 7.52. The Balaban J connectivity index is 0.000000280. The molecule has 6 aromatic carbocycles. The fourth-order valence-corrected chi connectivity index (χ4v) is 8.19. The minimum atomic E-state index is -4.67. The first-order chi connectivity index (χ1) is 40.4. The number of aromatic nitrogens is 3. The van der Waals surface area contributed by atoms with Crippen LogP contribution in [0.5, 0.6) is 0 Å². The highest BCUT2D eigenvalue weighted by Crippen LogP contribution is 2.40. The van der Waals surface area contributed by atoms with Gasteiger partial charge in [0.25, 0.3) is 5.78 Å². The van der Waals surface area contributed by atoms with Crippen molar-refractivity contribution in [3.05, 3.63) is 214 Å². The second kappa shape index (κ2) is 32.9. The molecule has 0 saturated carbocycles. The van der Waals surface area contributed by atoms with Crippen molar-refractivity contribution in [2.45, 2.75) is 87.0 Å². The second-order valence-electron chi connectivity index (χ2n) is 17.2. The number of allylic oxidation sites excluding steroid dienone is 2. The summed E-state index contributed by atoms with van der Waals surface area (Å²) in [4.78, 5) is 78.0. The topological polar surface area (TPSA) is 205 Å². The van der Waals surface area contributed by atoms with E-state index in [1.165, 1.54) is 29.2 Å². The Morgan fingerprint density at radius 2 is 1.02 bits per heavy atom. The largest absolute Gasteiger partial charge is 0.481 e. The molecule has 0 saturated heterocycles. The van der Waals surface area contributed by atoms with Crippen molar-refractivity contribution < 1.29 is 78.1 Å². The molecule has 0 unspecified atom stereocenters. The van der Waals surface area contributed by atoms with Crippen molar-refractivity contribution in [1.29, 1.82) is 0 Å². The molecule has 21 heteroatoms. The molecule has 6 N–H and O–H groups in total. The Kier molecular flexibility index (Phi) is 27.0. The number of primary amides is 1. The molecule has 10 rings (SSSR count). The summed E-state index contributed by atoms with van der Waals surface area (Å²) < 4.78 is 118. The number of halogens is 9. The lowest BCUT2D eigenvalue weighted by atomic mass is 9.93. The van der Waals surface area contributed by atoms with Gasteiger partial charge in [-0.05, 0) is 114 Å². The monoisotopic (exact) mass is 1190 g/mol. The molecule has 0 bridgehead atoms. The normalized spacial score (nSPS) is 11.5. The van der Waals surface area contributed by atoms with E-state index in [1.54, 1.807) is 25.3 Å². The van der Waals surface area contributed by atoms with E-state index in [-0.39, 0.29) is 24.6 Å². The summed E-state index contributed by atoms with van der Waals surface area (Å²) >= 11 is 0. The lowest BCUT2D eigenvalue weighted by molar-refractivity contribution is -0.140. The summed E-state index contributed by atoms with van der Waals surface area (Å²) in [6, 6.07) is 33.2. The van der Waals surface area contributed by atoms with Crippen LogP contribution in [-0.2, 0) is 53.9 Å². The van der Waals surface area contributed by atoms with Gasteiger partial charge in [-0.25, -0.2) is 18.0 Å². The molecule has 1 aliphatic carbocycles. The van der Waals surface area contributed by atoms with Crippen LogP contribution in [0.4, 0.5) is 39.5 Å².